The highest BCUT2D eigenvalue weighted by Gasteiger charge is 2.59. The fourth-order valence-corrected chi connectivity index (χ4v) is 11.7. The second kappa shape index (κ2) is 15.3. The van der Waals surface area contributed by atoms with E-state index in [0.29, 0.717) is 87.8 Å². The summed E-state index contributed by atoms with van der Waals surface area (Å²) >= 11 is 0. The van der Waals surface area contributed by atoms with Crippen LogP contribution in [-0.4, -0.2) is 67.7 Å². The Hall–Kier alpha value is -6.94. The molecule has 16 heteroatoms. The van der Waals surface area contributed by atoms with Gasteiger partial charge in [0.05, 0.1) is 28.7 Å². The number of carbonyl (C=O) groups excluding carboxylic acids is 1. The molecule has 4 aliphatic rings. The standard InChI is InChI=1S/C52H51F2N9O5/c1-6-7-40-43-38(57-63(36-20-28(2)44(53)29(3)21-36)46(43)60-18-17-59(50(60)66)41-11-9-34-27-55-16-12-37(34)45(41)54)22-31(5)61(40)47(64)42-24-35-23-32(33-13-19-67-51(26-33)14-15-51)8-10-39(35)62(42)52(25-30(52)4)48-56-49(65)68-58-48/h8-12,16-18,20-21,23-24,27,30-31,33,40H,6-7,13-15,19,22,25-26H2,1-5H3,(H,56,58,65)/t30-,31+,33-,40-,52-/m0/s1. The molecule has 12 rings (SSSR count). The largest absolute Gasteiger partial charge is 0.438 e. The number of aryl methyl sites for hydroxylation is 2. The highest BCUT2D eigenvalue weighted by molar-refractivity contribution is 6.00. The molecule has 348 valence electrons. The van der Waals surface area contributed by atoms with E-state index in [1.165, 1.54) is 27.1 Å². The lowest BCUT2D eigenvalue weighted by Crippen LogP contribution is -2.47. The van der Waals surface area contributed by atoms with Crippen LogP contribution in [0.4, 0.5) is 8.78 Å². The lowest BCUT2D eigenvalue weighted by atomic mass is 9.87. The summed E-state index contributed by atoms with van der Waals surface area (Å²) in [5, 5.41) is 11.3. The topological polar surface area (TPSA) is 151 Å². The van der Waals surface area contributed by atoms with E-state index < -0.39 is 28.8 Å². The highest BCUT2D eigenvalue weighted by atomic mass is 19.1. The number of amides is 1. The van der Waals surface area contributed by atoms with Crippen LogP contribution in [0.3, 0.4) is 0 Å². The first-order valence-corrected chi connectivity index (χ1v) is 23.7. The number of nitrogens with one attached hydrogen (secondary N) is 1. The summed E-state index contributed by atoms with van der Waals surface area (Å²) in [4.78, 5) is 52.4. The van der Waals surface area contributed by atoms with E-state index in [0.717, 1.165) is 43.2 Å². The van der Waals surface area contributed by atoms with Crippen LogP contribution >= 0.6 is 0 Å². The number of benzene rings is 3. The number of halogens is 2. The maximum Gasteiger partial charge on any atom is 0.438 e. The highest BCUT2D eigenvalue weighted by Crippen LogP contribution is 2.57. The molecule has 7 heterocycles. The zero-order valence-corrected chi connectivity index (χ0v) is 38.6. The van der Waals surface area contributed by atoms with Crippen LogP contribution in [0, 0.1) is 31.4 Å². The van der Waals surface area contributed by atoms with Crippen LogP contribution in [0.5, 0.6) is 0 Å². The van der Waals surface area contributed by atoms with Gasteiger partial charge in [-0.25, -0.2) is 23.1 Å². The Labute approximate surface area is 389 Å². The molecule has 14 nitrogen and oxygen atoms in total. The molecular weight excluding hydrogens is 869 g/mol. The van der Waals surface area contributed by atoms with Crippen molar-refractivity contribution in [3.63, 3.8) is 0 Å². The van der Waals surface area contributed by atoms with Crippen LogP contribution in [0.2, 0.25) is 0 Å². The van der Waals surface area contributed by atoms with Gasteiger partial charge in [0.15, 0.2) is 11.6 Å². The first-order chi connectivity index (χ1) is 32.8. The molecule has 1 spiro atoms. The molecule has 5 aromatic heterocycles. The predicted octanol–water partition coefficient (Wildman–Crippen LogP) is 9.03. The molecule has 3 aromatic carbocycles. The number of hydrogen-bond acceptors (Lipinski definition) is 8. The predicted molar refractivity (Wildman–Crippen MR) is 250 cm³/mol. The maximum atomic E-state index is 16.3. The lowest BCUT2D eigenvalue weighted by Gasteiger charge is -2.41. The van der Waals surface area contributed by atoms with E-state index >= 15 is 13.6 Å². The number of H-pyrrole nitrogens is 1. The fourth-order valence-electron chi connectivity index (χ4n) is 11.7. The Kier molecular flexibility index (Phi) is 9.54. The van der Waals surface area contributed by atoms with Gasteiger partial charge in [-0.2, -0.15) is 5.10 Å². The molecule has 2 saturated carbocycles. The number of aromatic amines is 1. The van der Waals surface area contributed by atoms with Gasteiger partial charge in [-0.15, -0.1) is 0 Å². The summed E-state index contributed by atoms with van der Waals surface area (Å²) in [7, 11) is 0. The van der Waals surface area contributed by atoms with E-state index in [2.05, 4.69) is 51.7 Å². The smallest absolute Gasteiger partial charge is 0.375 e. The van der Waals surface area contributed by atoms with Crippen LogP contribution in [-0.2, 0) is 16.7 Å². The number of pyridine rings is 1. The van der Waals surface area contributed by atoms with Crippen molar-refractivity contribution in [1.82, 2.24) is 43.5 Å². The second-order valence-corrected chi connectivity index (χ2v) is 19.8. The molecule has 68 heavy (non-hydrogen) atoms. The first-order valence-electron chi connectivity index (χ1n) is 23.7. The van der Waals surface area contributed by atoms with Crippen LogP contribution in [0.1, 0.15) is 122 Å². The molecule has 5 atom stereocenters. The number of fused-ring (bicyclic) bond motifs is 3. The van der Waals surface area contributed by atoms with E-state index in [1.807, 2.05) is 17.9 Å². The SMILES string of the molecule is CCC[C@H]1c2c(nn(-c3cc(C)c(F)c(C)c3)c2-n2ccn(-c3ccc4cnccc4c3F)c2=O)C[C@@H](C)N1C(=O)c1cc2cc([C@H]3CCOC4(CC4)C3)ccc2n1[C@@]1(c2noc(=O)[nH]2)C[C@@H]1C. The van der Waals surface area contributed by atoms with Crippen molar-refractivity contribution >= 4 is 27.6 Å². The number of rotatable bonds is 9. The Morgan fingerprint density at radius 1 is 0.941 bits per heavy atom. The van der Waals surface area contributed by atoms with Crippen molar-refractivity contribution in [1.29, 1.82) is 0 Å². The monoisotopic (exact) mass is 919 g/mol. The number of imidazole rings is 1. The molecule has 2 aliphatic heterocycles. The third-order valence-electron chi connectivity index (χ3n) is 15.4. The van der Waals surface area contributed by atoms with Gasteiger partial charge in [-0.3, -0.25) is 28.4 Å². The molecule has 1 amide bonds. The van der Waals surface area contributed by atoms with Gasteiger partial charge in [0.2, 0.25) is 0 Å². The number of ether oxygens (including phenoxy) is 1. The van der Waals surface area contributed by atoms with Gasteiger partial charge in [-0.05, 0) is 130 Å². The summed E-state index contributed by atoms with van der Waals surface area (Å²) in [6.07, 6.45) is 12.4. The van der Waals surface area contributed by atoms with E-state index in [-0.39, 0.29) is 35.0 Å². The molecule has 0 unspecified atom stereocenters. The quantitative estimate of drug-likeness (QED) is 0.151. The van der Waals surface area contributed by atoms with Gasteiger partial charge >= 0.3 is 11.4 Å². The zero-order valence-electron chi connectivity index (χ0n) is 38.6. The van der Waals surface area contributed by atoms with Gasteiger partial charge < -0.3 is 14.2 Å². The second-order valence-electron chi connectivity index (χ2n) is 19.8. The Morgan fingerprint density at radius 2 is 1.72 bits per heavy atom. The van der Waals surface area contributed by atoms with Crippen molar-refractivity contribution in [3.8, 4) is 17.2 Å². The minimum atomic E-state index is -0.860. The third kappa shape index (κ3) is 6.35. The molecule has 2 aliphatic carbocycles. The van der Waals surface area contributed by atoms with Crippen LogP contribution < -0.4 is 11.4 Å². The minimum Gasteiger partial charge on any atom is -0.375 e. The average molecular weight is 920 g/mol. The molecule has 1 saturated heterocycles. The summed E-state index contributed by atoms with van der Waals surface area (Å²) in [5.74, 6) is -0.738. The van der Waals surface area contributed by atoms with E-state index in [1.54, 1.807) is 61.3 Å². The van der Waals surface area contributed by atoms with Crippen molar-refractivity contribution in [2.45, 2.75) is 115 Å². The van der Waals surface area contributed by atoms with Crippen LogP contribution in [0.15, 0.2) is 93.5 Å². The Morgan fingerprint density at radius 3 is 2.44 bits per heavy atom. The molecule has 3 fully saturated rings. The third-order valence-corrected chi connectivity index (χ3v) is 15.4. The molecule has 0 bridgehead atoms. The van der Waals surface area contributed by atoms with Crippen molar-refractivity contribution < 1.29 is 22.8 Å². The lowest BCUT2D eigenvalue weighted by molar-refractivity contribution is -0.0132. The first kappa shape index (κ1) is 42.4. The summed E-state index contributed by atoms with van der Waals surface area (Å²) in [6, 6.07) is 15.8. The van der Waals surface area contributed by atoms with Gasteiger partial charge in [0.25, 0.3) is 5.91 Å². The van der Waals surface area contributed by atoms with Gasteiger partial charge in [-0.1, -0.05) is 37.6 Å². The average Bonchev–Trinajstić information content (AvgIpc) is 3.86. The van der Waals surface area contributed by atoms with Crippen molar-refractivity contribution in [2.24, 2.45) is 5.92 Å². The van der Waals surface area contributed by atoms with E-state index in [9.17, 15) is 9.59 Å². The number of carbonyl (C=O) groups is 1. The number of aromatic nitrogens is 8. The van der Waals surface area contributed by atoms with E-state index in [4.69, 9.17) is 14.4 Å². The molecule has 1 N–H and O–H groups in total. The fraction of sp³-hybridized carbons (Fsp3) is 0.385. The maximum absolute atomic E-state index is 16.3. The number of hydrogen-bond donors (Lipinski definition) is 1. The van der Waals surface area contributed by atoms with Crippen LogP contribution in [0.25, 0.3) is 38.9 Å². The summed E-state index contributed by atoms with van der Waals surface area (Å²) in [6.45, 7) is 10.3. The molecular formula is C52H51F2N9O5. The van der Waals surface area contributed by atoms with Gasteiger partial charge in [0.1, 0.15) is 22.9 Å². The zero-order chi connectivity index (χ0) is 47.0. The minimum absolute atomic E-state index is 0.000379. The summed E-state index contributed by atoms with van der Waals surface area (Å²) in [5.41, 5.74) is 3.84. The number of nitrogens with zero attached hydrogens (tertiary/aromatic N) is 8. The van der Waals surface area contributed by atoms with Crippen molar-refractivity contribution in [3.05, 3.63) is 152 Å². The Bertz CT molecular complexity index is 3480. The summed E-state index contributed by atoms with van der Waals surface area (Å²) < 4.78 is 49.3. The molecule has 0 radical (unpaired) electrons. The van der Waals surface area contributed by atoms with Gasteiger partial charge in [0, 0.05) is 71.1 Å². The van der Waals surface area contributed by atoms with Crippen molar-refractivity contribution in [2.75, 3.05) is 6.61 Å². The normalized spacial score (nSPS) is 22.9. The Balaban J connectivity index is 1.04. The molecule has 8 aromatic rings.